The normalized spacial score (nSPS) is 13.2. The van der Waals surface area contributed by atoms with Crippen LogP contribution in [0.4, 0.5) is 11.4 Å². The predicted molar refractivity (Wildman–Crippen MR) is 163 cm³/mol. The lowest BCUT2D eigenvalue weighted by molar-refractivity contribution is 0.410. The zero-order valence-electron chi connectivity index (χ0n) is 25.8. The standard InChI is InChI=1S/C34H56N2/c1-13-33(9,14-2)35(11)31-27(8)19-17-20-28(31)24-23-26(7)30-22-18-21-29(25(5)6)32(30)36(12)34(10,15-3)16-4/h17-22,25-26H,13-16,23-24H2,1-12H3. The number of hydrogen-bond acceptors (Lipinski definition) is 2. The maximum Gasteiger partial charge on any atom is 0.0438 e. The number of anilines is 2. The number of para-hydroxylation sites is 2. The van der Waals surface area contributed by atoms with E-state index >= 15 is 0 Å². The number of hydrogen-bond donors (Lipinski definition) is 0. The largest absolute Gasteiger partial charge is 0.369 e. The first kappa shape index (κ1) is 30.3. The molecular formula is C34H56N2. The lowest BCUT2D eigenvalue weighted by Gasteiger charge is -2.43. The minimum Gasteiger partial charge on any atom is -0.369 e. The lowest BCUT2D eigenvalue weighted by atomic mass is 9.84. The second-order valence-corrected chi connectivity index (χ2v) is 12.0. The van der Waals surface area contributed by atoms with Crippen molar-refractivity contribution in [3.63, 3.8) is 0 Å². The van der Waals surface area contributed by atoms with E-state index in [0.29, 0.717) is 11.8 Å². The summed E-state index contributed by atoms with van der Waals surface area (Å²) in [6.45, 7) is 23.5. The van der Waals surface area contributed by atoms with Gasteiger partial charge in [-0.25, -0.2) is 0 Å². The van der Waals surface area contributed by atoms with Gasteiger partial charge in [0.05, 0.1) is 0 Å². The molecule has 1 atom stereocenters. The molecule has 0 N–H and O–H groups in total. The molecule has 0 bridgehead atoms. The monoisotopic (exact) mass is 492 g/mol. The summed E-state index contributed by atoms with van der Waals surface area (Å²) < 4.78 is 0. The number of nitrogens with zero attached hydrogens (tertiary/aromatic N) is 2. The lowest BCUT2D eigenvalue weighted by Crippen LogP contribution is -2.44. The van der Waals surface area contributed by atoms with Crippen molar-refractivity contribution in [1.82, 2.24) is 0 Å². The molecule has 0 saturated heterocycles. The highest BCUT2D eigenvalue weighted by atomic mass is 15.2. The van der Waals surface area contributed by atoms with Gasteiger partial charge in [0.1, 0.15) is 0 Å². The summed E-state index contributed by atoms with van der Waals surface area (Å²) in [5, 5.41) is 0. The van der Waals surface area contributed by atoms with Gasteiger partial charge in [-0.05, 0) is 93.4 Å². The first-order chi connectivity index (χ1) is 16.9. The molecule has 0 aliphatic carbocycles. The second kappa shape index (κ2) is 12.5. The van der Waals surface area contributed by atoms with Crippen molar-refractivity contribution in [3.8, 4) is 0 Å². The van der Waals surface area contributed by atoms with Crippen molar-refractivity contribution < 1.29 is 0 Å². The molecule has 2 heteroatoms. The maximum absolute atomic E-state index is 2.61. The molecule has 0 spiro atoms. The molecule has 0 heterocycles. The Labute approximate surface area is 224 Å². The molecule has 0 radical (unpaired) electrons. The Bertz CT molecular complexity index is 965. The van der Waals surface area contributed by atoms with Crippen molar-refractivity contribution in [3.05, 3.63) is 58.7 Å². The summed E-state index contributed by atoms with van der Waals surface area (Å²) in [4.78, 5) is 5.17. The topological polar surface area (TPSA) is 6.48 Å². The molecule has 0 aromatic heterocycles. The summed E-state index contributed by atoms with van der Waals surface area (Å²) in [7, 11) is 4.63. The van der Waals surface area contributed by atoms with Crippen LogP contribution in [0.2, 0.25) is 0 Å². The molecule has 1 unspecified atom stereocenters. The van der Waals surface area contributed by atoms with Crippen LogP contribution in [0.15, 0.2) is 36.4 Å². The van der Waals surface area contributed by atoms with Crippen molar-refractivity contribution >= 4 is 11.4 Å². The van der Waals surface area contributed by atoms with Gasteiger partial charge in [-0.2, -0.15) is 0 Å². The second-order valence-electron chi connectivity index (χ2n) is 12.0. The molecular weight excluding hydrogens is 436 g/mol. The van der Waals surface area contributed by atoms with Gasteiger partial charge >= 0.3 is 0 Å². The first-order valence-electron chi connectivity index (χ1n) is 14.6. The summed E-state index contributed by atoms with van der Waals surface area (Å²) in [6, 6.07) is 13.9. The molecule has 0 amide bonds. The number of rotatable bonds is 13. The average Bonchev–Trinajstić information content (AvgIpc) is 2.89. The van der Waals surface area contributed by atoms with Gasteiger partial charge in [-0.3, -0.25) is 0 Å². The van der Waals surface area contributed by atoms with Crippen LogP contribution in [0.25, 0.3) is 0 Å². The molecule has 0 aliphatic rings. The van der Waals surface area contributed by atoms with E-state index in [9.17, 15) is 0 Å². The molecule has 2 rings (SSSR count). The van der Waals surface area contributed by atoms with Gasteiger partial charge in [0.25, 0.3) is 0 Å². The Morgan fingerprint density at radius 2 is 1.17 bits per heavy atom. The van der Waals surface area contributed by atoms with Gasteiger partial charge in [-0.15, -0.1) is 0 Å². The molecule has 2 nitrogen and oxygen atoms in total. The van der Waals surface area contributed by atoms with E-state index in [4.69, 9.17) is 0 Å². The van der Waals surface area contributed by atoms with Crippen LogP contribution >= 0.6 is 0 Å². The third-order valence-electron chi connectivity index (χ3n) is 9.76. The quantitative estimate of drug-likeness (QED) is 0.274. The summed E-state index contributed by atoms with van der Waals surface area (Å²) >= 11 is 0. The van der Waals surface area contributed by atoms with Crippen LogP contribution in [-0.2, 0) is 6.42 Å². The molecule has 0 aliphatic heterocycles. The Morgan fingerprint density at radius 1 is 0.694 bits per heavy atom. The van der Waals surface area contributed by atoms with E-state index in [0.717, 1.165) is 38.5 Å². The Morgan fingerprint density at radius 3 is 1.67 bits per heavy atom. The van der Waals surface area contributed by atoms with Gasteiger partial charge in [-0.1, -0.05) is 84.9 Å². The SMILES string of the molecule is CCC(C)(CC)N(C)c1c(C)cccc1CCC(C)c1cccc(C(C)C)c1N(C)C(C)(CC)CC. The van der Waals surface area contributed by atoms with Crippen molar-refractivity contribution in [1.29, 1.82) is 0 Å². The highest BCUT2D eigenvalue weighted by Gasteiger charge is 2.31. The Balaban J connectivity index is 2.46. The summed E-state index contributed by atoms with van der Waals surface area (Å²) in [5.41, 5.74) is 9.11. The fourth-order valence-electron chi connectivity index (χ4n) is 5.75. The van der Waals surface area contributed by atoms with Crippen molar-refractivity contribution in [2.75, 3.05) is 23.9 Å². The van der Waals surface area contributed by atoms with E-state index in [1.165, 1.54) is 33.6 Å². The summed E-state index contributed by atoms with van der Waals surface area (Å²) in [5.74, 6) is 0.992. The highest BCUT2D eigenvalue weighted by Crippen LogP contribution is 2.41. The van der Waals surface area contributed by atoms with Gasteiger partial charge in [0, 0.05) is 36.5 Å². The van der Waals surface area contributed by atoms with E-state index in [1.807, 2.05) is 0 Å². The molecule has 36 heavy (non-hydrogen) atoms. The van der Waals surface area contributed by atoms with Crippen LogP contribution in [0.1, 0.15) is 129 Å². The van der Waals surface area contributed by atoms with Crippen LogP contribution in [0, 0.1) is 6.92 Å². The Kier molecular flexibility index (Phi) is 10.5. The van der Waals surface area contributed by atoms with Crippen LogP contribution < -0.4 is 9.80 Å². The van der Waals surface area contributed by atoms with Crippen LogP contribution in [0.5, 0.6) is 0 Å². The number of benzene rings is 2. The fourth-order valence-corrected chi connectivity index (χ4v) is 5.75. The third kappa shape index (κ3) is 6.12. The van der Waals surface area contributed by atoms with E-state index in [1.54, 1.807) is 0 Å². The van der Waals surface area contributed by atoms with E-state index in [-0.39, 0.29) is 11.1 Å². The molecule has 0 saturated carbocycles. The molecule has 0 fully saturated rings. The first-order valence-corrected chi connectivity index (χ1v) is 14.6. The average molecular weight is 493 g/mol. The summed E-state index contributed by atoms with van der Waals surface area (Å²) in [6.07, 6.45) is 6.83. The van der Waals surface area contributed by atoms with Gasteiger partial charge < -0.3 is 9.80 Å². The van der Waals surface area contributed by atoms with Crippen LogP contribution in [-0.4, -0.2) is 25.2 Å². The van der Waals surface area contributed by atoms with Crippen molar-refractivity contribution in [2.45, 2.75) is 131 Å². The minimum atomic E-state index is 0.163. The Hall–Kier alpha value is -1.96. The van der Waals surface area contributed by atoms with E-state index in [2.05, 4.69) is 130 Å². The fraction of sp³-hybridized carbons (Fsp3) is 0.647. The zero-order valence-corrected chi connectivity index (χ0v) is 25.8. The van der Waals surface area contributed by atoms with Crippen LogP contribution in [0.3, 0.4) is 0 Å². The third-order valence-corrected chi connectivity index (χ3v) is 9.76. The van der Waals surface area contributed by atoms with E-state index < -0.39 is 0 Å². The molecule has 2 aromatic rings. The molecule has 202 valence electrons. The predicted octanol–water partition coefficient (Wildman–Crippen LogP) is 9.88. The van der Waals surface area contributed by atoms with Gasteiger partial charge in [0.15, 0.2) is 0 Å². The zero-order chi connectivity index (χ0) is 27.3. The van der Waals surface area contributed by atoms with Gasteiger partial charge in [0.2, 0.25) is 0 Å². The maximum atomic E-state index is 2.61. The van der Waals surface area contributed by atoms with Crippen molar-refractivity contribution in [2.24, 2.45) is 0 Å². The minimum absolute atomic E-state index is 0.163. The number of aryl methyl sites for hydroxylation is 2. The molecule has 2 aromatic carbocycles. The highest BCUT2D eigenvalue weighted by molar-refractivity contribution is 5.64. The smallest absolute Gasteiger partial charge is 0.0438 e.